The molecule has 0 bridgehead atoms. The second-order valence-electron chi connectivity index (χ2n) is 5.49. The first-order valence-electron chi connectivity index (χ1n) is 7.59. The van der Waals surface area contributed by atoms with Gasteiger partial charge in [0.1, 0.15) is 0 Å². The van der Waals surface area contributed by atoms with Crippen molar-refractivity contribution in [2.24, 2.45) is 5.92 Å². The minimum atomic E-state index is 0.800. The fourth-order valence-corrected chi connectivity index (χ4v) is 2.85. The summed E-state index contributed by atoms with van der Waals surface area (Å²) in [5.74, 6) is 1.00. The predicted octanol–water partition coefficient (Wildman–Crippen LogP) is 3.75. The summed E-state index contributed by atoms with van der Waals surface area (Å²) in [7, 11) is 1.79. The molecule has 2 heteroatoms. The number of hydrogen-bond acceptors (Lipinski definition) is 2. The minimum absolute atomic E-state index is 0.800. The molecule has 1 rings (SSSR count). The molecule has 1 aliphatic rings. The fourth-order valence-electron chi connectivity index (χ4n) is 2.85. The lowest BCUT2D eigenvalue weighted by Gasteiger charge is -2.16. The fraction of sp³-hybridized carbons (Fsp3) is 1.00. The summed E-state index contributed by atoms with van der Waals surface area (Å²) in [5.41, 5.74) is 0. The van der Waals surface area contributed by atoms with Gasteiger partial charge in [-0.3, -0.25) is 0 Å². The molecule has 0 spiro atoms. The zero-order valence-corrected chi connectivity index (χ0v) is 11.8. The number of rotatable bonds is 8. The Morgan fingerprint density at radius 1 is 1.06 bits per heavy atom. The van der Waals surface area contributed by atoms with Crippen molar-refractivity contribution in [2.45, 2.75) is 70.8 Å². The van der Waals surface area contributed by atoms with Crippen molar-refractivity contribution in [1.82, 2.24) is 5.32 Å². The van der Waals surface area contributed by atoms with Crippen LogP contribution in [-0.4, -0.2) is 26.3 Å². The molecule has 2 atom stereocenters. The smallest absolute Gasteiger partial charge is 0.0462 e. The Morgan fingerprint density at radius 3 is 2.71 bits per heavy atom. The molecular formula is C15H31NO. The highest BCUT2D eigenvalue weighted by atomic mass is 16.5. The first kappa shape index (κ1) is 15.0. The van der Waals surface area contributed by atoms with Gasteiger partial charge in [-0.05, 0) is 51.0 Å². The molecule has 2 nitrogen and oxygen atoms in total. The van der Waals surface area contributed by atoms with Crippen LogP contribution in [0.3, 0.4) is 0 Å². The topological polar surface area (TPSA) is 21.3 Å². The second kappa shape index (κ2) is 9.90. The van der Waals surface area contributed by atoms with Gasteiger partial charge in [-0.1, -0.05) is 26.2 Å². The van der Waals surface area contributed by atoms with Crippen LogP contribution in [0.5, 0.6) is 0 Å². The minimum Gasteiger partial charge on any atom is -0.385 e. The molecule has 0 heterocycles. The van der Waals surface area contributed by atoms with Crippen LogP contribution < -0.4 is 5.32 Å². The maximum absolute atomic E-state index is 5.06. The first-order valence-corrected chi connectivity index (χ1v) is 7.59. The molecule has 0 aromatic rings. The average molecular weight is 241 g/mol. The maximum atomic E-state index is 5.06. The summed E-state index contributed by atoms with van der Waals surface area (Å²) in [6.07, 6.45) is 12.3. The predicted molar refractivity (Wildman–Crippen MR) is 74.4 cm³/mol. The molecule has 1 fully saturated rings. The van der Waals surface area contributed by atoms with Crippen LogP contribution in [0.2, 0.25) is 0 Å². The molecule has 1 saturated carbocycles. The normalized spacial score (nSPS) is 25.8. The van der Waals surface area contributed by atoms with E-state index in [1.165, 1.54) is 64.3 Å². The average Bonchev–Trinajstić information content (AvgIpc) is 2.59. The van der Waals surface area contributed by atoms with Gasteiger partial charge >= 0.3 is 0 Å². The van der Waals surface area contributed by atoms with Gasteiger partial charge in [-0.25, -0.2) is 0 Å². The summed E-state index contributed by atoms with van der Waals surface area (Å²) in [6.45, 7) is 4.46. The van der Waals surface area contributed by atoms with Crippen molar-refractivity contribution >= 4 is 0 Å². The van der Waals surface area contributed by atoms with E-state index in [4.69, 9.17) is 4.74 Å². The van der Waals surface area contributed by atoms with E-state index in [0.29, 0.717) is 0 Å². The van der Waals surface area contributed by atoms with Crippen LogP contribution in [0, 0.1) is 5.92 Å². The molecule has 0 aromatic carbocycles. The van der Waals surface area contributed by atoms with Crippen LogP contribution >= 0.6 is 0 Å². The second-order valence-corrected chi connectivity index (χ2v) is 5.49. The molecule has 0 aromatic heterocycles. The Hall–Kier alpha value is -0.0800. The summed E-state index contributed by atoms with van der Waals surface area (Å²) in [5, 5.41) is 3.74. The molecular weight excluding hydrogens is 210 g/mol. The molecule has 0 amide bonds. The number of ether oxygens (including phenoxy) is 1. The van der Waals surface area contributed by atoms with Crippen molar-refractivity contribution in [3.8, 4) is 0 Å². The standard InChI is InChI=1S/C15H31NO/c1-3-14-8-7-9-15(11-10-14)16-12-5-4-6-13-17-2/h14-16H,3-13H2,1-2H3. The lowest BCUT2D eigenvalue weighted by Crippen LogP contribution is -2.29. The molecule has 102 valence electrons. The van der Waals surface area contributed by atoms with Crippen LogP contribution in [0.15, 0.2) is 0 Å². The van der Waals surface area contributed by atoms with Gasteiger partial charge in [0.15, 0.2) is 0 Å². The van der Waals surface area contributed by atoms with Crippen LogP contribution in [-0.2, 0) is 4.74 Å². The van der Waals surface area contributed by atoms with E-state index in [2.05, 4.69) is 12.2 Å². The molecule has 0 radical (unpaired) electrons. The zero-order chi connectivity index (χ0) is 12.3. The van der Waals surface area contributed by atoms with E-state index in [1.54, 1.807) is 7.11 Å². The third kappa shape index (κ3) is 7.05. The Labute approximate surface area is 108 Å². The quantitative estimate of drug-likeness (QED) is 0.516. The van der Waals surface area contributed by atoms with Gasteiger partial charge in [0.2, 0.25) is 0 Å². The summed E-state index contributed by atoms with van der Waals surface area (Å²) >= 11 is 0. The van der Waals surface area contributed by atoms with E-state index in [1.807, 2.05) is 0 Å². The van der Waals surface area contributed by atoms with Gasteiger partial charge in [0.25, 0.3) is 0 Å². The SMILES string of the molecule is CCC1CCCC(NCCCCCOC)CC1. The summed E-state index contributed by atoms with van der Waals surface area (Å²) < 4.78 is 5.06. The Bertz CT molecular complexity index is 172. The monoisotopic (exact) mass is 241 g/mol. The lowest BCUT2D eigenvalue weighted by atomic mass is 9.98. The molecule has 1 N–H and O–H groups in total. The largest absolute Gasteiger partial charge is 0.385 e. The highest BCUT2D eigenvalue weighted by Crippen LogP contribution is 2.25. The maximum Gasteiger partial charge on any atom is 0.0462 e. The van der Waals surface area contributed by atoms with Gasteiger partial charge in [0, 0.05) is 19.8 Å². The third-order valence-corrected chi connectivity index (χ3v) is 4.12. The number of methoxy groups -OCH3 is 1. The highest BCUT2D eigenvalue weighted by Gasteiger charge is 2.16. The van der Waals surface area contributed by atoms with E-state index in [9.17, 15) is 0 Å². The van der Waals surface area contributed by atoms with Gasteiger partial charge in [0.05, 0.1) is 0 Å². The van der Waals surface area contributed by atoms with E-state index >= 15 is 0 Å². The Kier molecular flexibility index (Phi) is 8.72. The van der Waals surface area contributed by atoms with Crippen molar-refractivity contribution in [3.05, 3.63) is 0 Å². The number of nitrogens with one attached hydrogen (secondary N) is 1. The summed E-state index contributed by atoms with van der Waals surface area (Å²) in [4.78, 5) is 0. The van der Waals surface area contributed by atoms with E-state index in [-0.39, 0.29) is 0 Å². The summed E-state index contributed by atoms with van der Waals surface area (Å²) in [6, 6.07) is 0.800. The molecule has 17 heavy (non-hydrogen) atoms. The van der Waals surface area contributed by atoms with Crippen molar-refractivity contribution in [1.29, 1.82) is 0 Å². The van der Waals surface area contributed by atoms with Crippen molar-refractivity contribution in [2.75, 3.05) is 20.3 Å². The molecule has 0 aliphatic heterocycles. The number of hydrogen-bond donors (Lipinski definition) is 1. The first-order chi connectivity index (χ1) is 8.36. The Morgan fingerprint density at radius 2 is 1.94 bits per heavy atom. The lowest BCUT2D eigenvalue weighted by molar-refractivity contribution is 0.192. The molecule has 1 aliphatic carbocycles. The van der Waals surface area contributed by atoms with E-state index < -0.39 is 0 Å². The van der Waals surface area contributed by atoms with Gasteiger partial charge in [-0.15, -0.1) is 0 Å². The van der Waals surface area contributed by atoms with Gasteiger partial charge < -0.3 is 10.1 Å². The molecule has 0 saturated heterocycles. The Balaban J connectivity index is 1.99. The van der Waals surface area contributed by atoms with Crippen molar-refractivity contribution < 1.29 is 4.74 Å². The molecule has 2 unspecified atom stereocenters. The zero-order valence-electron chi connectivity index (χ0n) is 11.8. The van der Waals surface area contributed by atoms with Crippen molar-refractivity contribution in [3.63, 3.8) is 0 Å². The van der Waals surface area contributed by atoms with Crippen LogP contribution in [0.1, 0.15) is 64.7 Å². The van der Waals surface area contributed by atoms with Crippen LogP contribution in [0.4, 0.5) is 0 Å². The third-order valence-electron chi connectivity index (χ3n) is 4.12. The number of unbranched alkanes of at least 4 members (excludes halogenated alkanes) is 2. The van der Waals surface area contributed by atoms with Crippen LogP contribution in [0.25, 0.3) is 0 Å². The van der Waals surface area contributed by atoms with Gasteiger partial charge in [-0.2, -0.15) is 0 Å². The van der Waals surface area contributed by atoms with E-state index in [0.717, 1.165) is 18.6 Å². The highest BCUT2D eigenvalue weighted by molar-refractivity contribution is 4.74.